The summed E-state index contributed by atoms with van der Waals surface area (Å²) in [7, 11) is 2.02. The van der Waals surface area contributed by atoms with E-state index in [0.717, 1.165) is 35.9 Å². The van der Waals surface area contributed by atoms with E-state index in [4.69, 9.17) is 4.74 Å². The second-order valence-electron chi connectivity index (χ2n) is 3.85. The Kier molecular flexibility index (Phi) is 3.64. The maximum absolute atomic E-state index is 5.33. The predicted molar refractivity (Wildman–Crippen MR) is 60.9 cm³/mol. The Morgan fingerprint density at radius 1 is 1.40 bits per heavy atom. The van der Waals surface area contributed by atoms with Crippen LogP contribution in [0.3, 0.4) is 0 Å². The van der Waals surface area contributed by atoms with E-state index in [-0.39, 0.29) is 0 Å². The van der Waals surface area contributed by atoms with Gasteiger partial charge in [0.2, 0.25) is 0 Å². The van der Waals surface area contributed by atoms with Gasteiger partial charge in [0.1, 0.15) is 11.6 Å². The van der Waals surface area contributed by atoms with E-state index in [1.807, 2.05) is 25.7 Å². The number of hydrogen-bond acceptors (Lipinski definition) is 4. The van der Waals surface area contributed by atoms with E-state index in [1.165, 1.54) is 12.8 Å². The molecule has 1 saturated heterocycles. The normalized spacial score (nSPS) is 18.3. The van der Waals surface area contributed by atoms with Gasteiger partial charge >= 0.3 is 0 Å². The van der Waals surface area contributed by atoms with Crippen molar-refractivity contribution < 1.29 is 4.74 Å². The summed E-state index contributed by atoms with van der Waals surface area (Å²) in [5.74, 6) is 3.02. The highest BCUT2D eigenvalue weighted by Gasteiger charge is 2.15. The summed E-state index contributed by atoms with van der Waals surface area (Å²) in [5, 5.41) is 8.95. The lowest BCUT2D eigenvalue weighted by Gasteiger charge is -2.21. The molecule has 2 heterocycles. The third kappa shape index (κ3) is 2.72. The second kappa shape index (κ2) is 4.99. The van der Waals surface area contributed by atoms with E-state index in [2.05, 4.69) is 14.8 Å². The Labute approximate surface area is 94.4 Å². The van der Waals surface area contributed by atoms with Gasteiger partial charge in [0, 0.05) is 25.5 Å². The summed E-state index contributed by atoms with van der Waals surface area (Å²) in [6, 6.07) is 0. The molecule has 4 nitrogen and oxygen atoms in total. The van der Waals surface area contributed by atoms with Gasteiger partial charge in [-0.05, 0) is 19.8 Å². The van der Waals surface area contributed by atoms with Gasteiger partial charge in [-0.15, -0.1) is 10.2 Å². The first kappa shape index (κ1) is 11.0. The highest BCUT2D eigenvalue weighted by Crippen LogP contribution is 2.24. The van der Waals surface area contributed by atoms with Gasteiger partial charge in [-0.3, -0.25) is 0 Å². The number of aromatic nitrogens is 3. The molecule has 0 aliphatic carbocycles. The lowest BCUT2D eigenvalue weighted by atomic mass is 10.2. The van der Waals surface area contributed by atoms with Gasteiger partial charge in [-0.1, -0.05) is 0 Å². The van der Waals surface area contributed by atoms with Crippen LogP contribution in [-0.4, -0.2) is 33.2 Å². The second-order valence-corrected chi connectivity index (χ2v) is 5.13. The first-order chi connectivity index (χ1) is 7.27. The third-order valence-corrected chi connectivity index (χ3v) is 4.17. The fraction of sp³-hybridized carbons (Fsp3) is 0.800. The predicted octanol–water partition coefficient (Wildman–Crippen LogP) is 1.54. The standard InChI is InChI=1S/C10H17N3OS/c1-8-11-12-10(13(8)2)7-15-9-3-5-14-6-4-9/h9H,3-7H2,1-2H3. The fourth-order valence-corrected chi connectivity index (χ4v) is 2.77. The lowest BCUT2D eigenvalue weighted by Crippen LogP contribution is -2.17. The summed E-state index contributed by atoms with van der Waals surface area (Å²) in [5.41, 5.74) is 0. The van der Waals surface area contributed by atoms with Crippen LogP contribution in [0.4, 0.5) is 0 Å². The largest absolute Gasteiger partial charge is 0.381 e. The zero-order valence-electron chi connectivity index (χ0n) is 9.27. The molecule has 1 aliphatic rings. The molecule has 1 fully saturated rings. The van der Waals surface area contributed by atoms with E-state index >= 15 is 0 Å². The van der Waals surface area contributed by atoms with E-state index in [1.54, 1.807) is 0 Å². The molecule has 1 aromatic rings. The molecule has 15 heavy (non-hydrogen) atoms. The first-order valence-electron chi connectivity index (χ1n) is 5.31. The summed E-state index contributed by atoms with van der Waals surface area (Å²) in [6.45, 7) is 3.81. The van der Waals surface area contributed by atoms with Crippen LogP contribution in [0.25, 0.3) is 0 Å². The molecule has 0 amide bonds. The number of ether oxygens (including phenoxy) is 1. The SMILES string of the molecule is Cc1nnc(CSC2CCOCC2)n1C. The third-order valence-electron chi connectivity index (χ3n) is 2.80. The number of nitrogens with zero attached hydrogens (tertiary/aromatic N) is 3. The number of aryl methyl sites for hydroxylation is 1. The zero-order valence-corrected chi connectivity index (χ0v) is 10.1. The minimum Gasteiger partial charge on any atom is -0.381 e. The first-order valence-corrected chi connectivity index (χ1v) is 6.36. The average molecular weight is 227 g/mol. The molecule has 5 heteroatoms. The summed E-state index contributed by atoms with van der Waals surface area (Å²) < 4.78 is 7.39. The molecule has 0 saturated carbocycles. The molecule has 0 radical (unpaired) electrons. The van der Waals surface area contributed by atoms with Gasteiger partial charge in [-0.25, -0.2) is 0 Å². The van der Waals surface area contributed by atoms with Crippen LogP contribution in [-0.2, 0) is 17.5 Å². The quantitative estimate of drug-likeness (QED) is 0.785. The smallest absolute Gasteiger partial charge is 0.142 e. The maximum Gasteiger partial charge on any atom is 0.142 e. The molecule has 1 aromatic heterocycles. The van der Waals surface area contributed by atoms with Crippen molar-refractivity contribution in [2.24, 2.45) is 7.05 Å². The Balaban J connectivity index is 1.84. The van der Waals surface area contributed by atoms with Gasteiger partial charge < -0.3 is 9.30 Å². The van der Waals surface area contributed by atoms with Crippen LogP contribution in [0.5, 0.6) is 0 Å². The monoisotopic (exact) mass is 227 g/mol. The van der Waals surface area contributed by atoms with E-state index in [9.17, 15) is 0 Å². The van der Waals surface area contributed by atoms with Crippen molar-refractivity contribution >= 4 is 11.8 Å². The van der Waals surface area contributed by atoms with Crippen LogP contribution in [0.15, 0.2) is 0 Å². The Bertz CT molecular complexity index is 320. The molecular formula is C10H17N3OS. The summed E-state index contributed by atoms with van der Waals surface area (Å²) in [6.07, 6.45) is 2.34. The minimum absolute atomic E-state index is 0.732. The fourth-order valence-electron chi connectivity index (χ4n) is 1.61. The number of rotatable bonds is 3. The van der Waals surface area contributed by atoms with Crippen molar-refractivity contribution in [1.82, 2.24) is 14.8 Å². The molecular weight excluding hydrogens is 210 g/mol. The highest BCUT2D eigenvalue weighted by atomic mass is 32.2. The average Bonchev–Trinajstić information content (AvgIpc) is 2.59. The van der Waals surface area contributed by atoms with Gasteiger partial charge in [-0.2, -0.15) is 11.8 Å². The topological polar surface area (TPSA) is 39.9 Å². The van der Waals surface area contributed by atoms with Crippen molar-refractivity contribution in [3.63, 3.8) is 0 Å². The molecule has 0 bridgehead atoms. The van der Waals surface area contributed by atoms with Crippen molar-refractivity contribution in [2.75, 3.05) is 13.2 Å². The van der Waals surface area contributed by atoms with Crippen LogP contribution in [0, 0.1) is 6.92 Å². The van der Waals surface area contributed by atoms with Crippen LogP contribution < -0.4 is 0 Å². The molecule has 1 aliphatic heterocycles. The molecule has 84 valence electrons. The summed E-state index contributed by atoms with van der Waals surface area (Å²) >= 11 is 1.97. The van der Waals surface area contributed by atoms with Crippen LogP contribution in [0.2, 0.25) is 0 Å². The maximum atomic E-state index is 5.33. The van der Waals surface area contributed by atoms with Crippen LogP contribution >= 0.6 is 11.8 Å². The number of hydrogen-bond donors (Lipinski definition) is 0. The van der Waals surface area contributed by atoms with Crippen molar-refractivity contribution in [3.8, 4) is 0 Å². The van der Waals surface area contributed by atoms with Crippen LogP contribution in [0.1, 0.15) is 24.5 Å². The molecule has 0 atom stereocenters. The van der Waals surface area contributed by atoms with E-state index in [0.29, 0.717) is 0 Å². The Hall–Kier alpha value is -0.550. The Morgan fingerprint density at radius 3 is 2.73 bits per heavy atom. The van der Waals surface area contributed by atoms with E-state index < -0.39 is 0 Å². The summed E-state index contributed by atoms with van der Waals surface area (Å²) in [4.78, 5) is 0. The molecule has 0 spiro atoms. The molecule has 0 unspecified atom stereocenters. The van der Waals surface area contributed by atoms with Crippen molar-refractivity contribution in [3.05, 3.63) is 11.6 Å². The van der Waals surface area contributed by atoms with Gasteiger partial charge in [0.05, 0.1) is 5.75 Å². The zero-order chi connectivity index (χ0) is 10.7. The lowest BCUT2D eigenvalue weighted by molar-refractivity contribution is 0.1000. The molecule has 2 rings (SSSR count). The molecule has 0 N–H and O–H groups in total. The number of thioether (sulfide) groups is 1. The highest BCUT2D eigenvalue weighted by molar-refractivity contribution is 7.99. The minimum atomic E-state index is 0.732. The Morgan fingerprint density at radius 2 is 2.13 bits per heavy atom. The van der Waals surface area contributed by atoms with Gasteiger partial charge in [0.15, 0.2) is 0 Å². The van der Waals surface area contributed by atoms with Crippen molar-refractivity contribution in [1.29, 1.82) is 0 Å². The van der Waals surface area contributed by atoms with Crippen molar-refractivity contribution in [2.45, 2.75) is 30.8 Å². The molecule has 0 aromatic carbocycles. The van der Waals surface area contributed by atoms with Gasteiger partial charge in [0.25, 0.3) is 0 Å².